The summed E-state index contributed by atoms with van der Waals surface area (Å²) in [5.74, 6) is 0.830. The molecular weight excluding hydrogens is 392 g/mol. The number of carbonyl (C=O) groups is 1. The van der Waals surface area contributed by atoms with Gasteiger partial charge in [-0.05, 0) is 42.0 Å². The van der Waals surface area contributed by atoms with Crippen molar-refractivity contribution in [2.24, 2.45) is 0 Å². The number of hydrogen-bond acceptors (Lipinski definition) is 3. The zero-order chi connectivity index (χ0) is 20.6. The fourth-order valence-electron chi connectivity index (χ4n) is 3.47. The van der Waals surface area contributed by atoms with Crippen LogP contribution in [0.2, 0.25) is 0 Å². The Morgan fingerprint density at radius 3 is 2.23 bits per heavy atom. The van der Waals surface area contributed by atoms with Gasteiger partial charge in [-0.2, -0.15) is 0 Å². The maximum Gasteiger partial charge on any atom is 0.255 e. The van der Waals surface area contributed by atoms with Crippen molar-refractivity contribution < 1.29 is 14.4 Å². The summed E-state index contributed by atoms with van der Waals surface area (Å²) >= 11 is 1.81. The third-order valence-corrected chi connectivity index (χ3v) is 6.31. The van der Waals surface area contributed by atoms with Crippen molar-refractivity contribution in [3.8, 4) is 0 Å². The summed E-state index contributed by atoms with van der Waals surface area (Å²) in [5, 5.41) is 2.99. The molecule has 0 aromatic heterocycles. The molecule has 0 saturated carbocycles. The van der Waals surface area contributed by atoms with Crippen molar-refractivity contribution in [2.45, 2.75) is 17.2 Å². The first-order chi connectivity index (χ1) is 14.8. The zero-order valence-electron chi connectivity index (χ0n) is 17.0. The van der Waals surface area contributed by atoms with Crippen LogP contribution in [0.5, 0.6) is 0 Å². The average molecular weight is 420 g/mol. The number of ether oxygens (including phenoxy) is 1. The van der Waals surface area contributed by atoms with Gasteiger partial charge < -0.3 is 15.0 Å². The number of benzene rings is 3. The molecule has 5 heteroatoms. The van der Waals surface area contributed by atoms with Crippen molar-refractivity contribution in [1.29, 1.82) is 0 Å². The topological polar surface area (TPSA) is 42.8 Å². The SMILES string of the molecule is O=C(Nc1ccc(CSc2ccccc2)cc1)c1ccc(C[NH+]2CCOCC2)cc1. The van der Waals surface area contributed by atoms with E-state index in [1.54, 1.807) is 0 Å². The molecule has 1 heterocycles. The Labute approximate surface area is 182 Å². The lowest BCUT2D eigenvalue weighted by Gasteiger charge is -2.23. The van der Waals surface area contributed by atoms with Gasteiger partial charge in [-0.1, -0.05) is 42.5 Å². The van der Waals surface area contributed by atoms with E-state index in [0.29, 0.717) is 5.56 Å². The van der Waals surface area contributed by atoms with Crippen LogP contribution >= 0.6 is 11.8 Å². The summed E-state index contributed by atoms with van der Waals surface area (Å²) in [6.45, 7) is 4.73. The highest BCUT2D eigenvalue weighted by atomic mass is 32.2. The lowest BCUT2D eigenvalue weighted by Crippen LogP contribution is -3.12. The van der Waals surface area contributed by atoms with Crippen molar-refractivity contribution in [3.05, 3.63) is 95.6 Å². The van der Waals surface area contributed by atoms with Crippen LogP contribution < -0.4 is 10.2 Å². The quantitative estimate of drug-likeness (QED) is 0.575. The minimum atomic E-state index is -0.0771. The van der Waals surface area contributed by atoms with Gasteiger partial charge in [0.05, 0.1) is 13.2 Å². The minimum Gasteiger partial charge on any atom is -0.370 e. The van der Waals surface area contributed by atoms with Crippen LogP contribution in [0.15, 0.2) is 83.8 Å². The fraction of sp³-hybridized carbons (Fsp3) is 0.240. The van der Waals surface area contributed by atoms with Crippen LogP contribution in [0, 0.1) is 0 Å². The third-order valence-electron chi connectivity index (χ3n) is 5.23. The molecule has 0 unspecified atom stereocenters. The van der Waals surface area contributed by atoms with E-state index in [4.69, 9.17) is 4.74 Å². The van der Waals surface area contributed by atoms with Gasteiger partial charge in [-0.15, -0.1) is 11.8 Å². The maximum absolute atomic E-state index is 12.6. The van der Waals surface area contributed by atoms with Crippen LogP contribution in [0.3, 0.4) is 0 Å². The van der Waals surface area contributed by atoms with Gasteiger partial charge in [0.25, 0.3) is 5.91 Å². The van der Waals surface area contributed by atoms with Crippen LogP contribution in [0.25, 0.3) is 0 Å². The molecule has 3 aromatic rings. The van der Waals surface area contributed by atoms with E-state index >= 15 is 0 Å². The smallest absolute Gasteiger partial charge is 0.255 e. The summed E-state index contributed by atoms with van der Waals surface area (Å²) < 4.78 is 5.41. The molecule has 0 bridgehead atoms. The monoisotopic (exact) mass is 419 g/mol. The Morgan fingerprint density at radius 2 is 1.53 bits per heavy atom. The molecule has 154 valence electrons. The first-order valence-electron chi connectivity index (χ1n) is 10.3. The number of quaternary nitrogens is 1. The first-order valence-corrected chi connectivity index (χ1v) is 11.3. The minimum absolute atomic E-state index is 0.0771. The molecule has 3 aromatic carbocycles. The molecule has 1 aliphatic rings. The Balaban J connectivity index is 1.28. The maximum atomic E-state index is 12.6. The second-order valence-electron chi connectivity index (χ2n) is 7.49. The lowest BCUT2D eigenvalue weighted by atomic mass is 10.1. The normalized spacial score (nSPS) is 14.4. The molecule has 1 saturated heterocycles. The summed E-state index contributed by atoms with van der Waals surface area (Å²) in [4.78, 5) is 15.4. The fourth-order valence-corrected chi connectivity index (χ4v) is 4.35. The number of rotatable bonds is 7. The molecule has 4 rings (SSSR count). The molecule has 0 atom stereocenters. The van der Waals surface area contributed by atoms with E-state index in [0.717, 1.165) is 44.3 Å². The van der Waals surface area contributed by atoms with E-state index in [1.807, 2.05) is 42.1 Å². The van der Waals surface area contributed by atoms with Crippen LogP contribution in [-0.4, -0.2) is 32.2 Å². The molecule has 0 radical (unpaired) electrons. The second-order valence-corrected chi connectivity index (χ2v) is 8.54. The van der Waals surface area contributed by atoms with E-state index in [-0.39, 0.29) is 5.91 Å². The molecule has 30 heavy (non-hydrogen) atoms. The third kappa shape index (κ3) is 5.95. The molecule has 1 fully saturated rings. The van der Waals surface area contributed by atoms with E-state index < -0.39 is 0 Å². The standard InChI is InChI=1S/C25H26N2O2S/c28-25(22-10-6-20(7-11-22)18-27-14-16-29-17-15-27)26-23-12-8-21(9-13-23)19-30-24-4-2-1-3-5-24/h1-13H,14-19H2,(H,26,28)/p+1. The van der Waals surface area contributed by atoms with E-state index in [2.05, 4.69) is 53.8 Å². The lowest BCUT2D eigenvalue weighted by molar-refractivity contribution is -0.921. The van der Waals surface area contributed by atoms with Gasteiger partial charge in [-0.25, -0.2) is 0 Å². The second kappa shape index (κ2) is 10.4. The number of amides is 1. The average Bonchev–Trinajstić information content (AvgIpc) is 2.80. The van der Waals surface area contributed by atoms with Crippen molar-refractivity contribution in [1.82, 2.24) is 0 Å². The molecule has 2 N–H and O–H groups in total. The summed E-state index contributed by atoms with van der Waals surface area (Å²) in [5.41, 5.74) is 3.98. The van der Waals surface area contributed by atoms with Gasteiger partial charge in [0, 0.05) is 27.5 Å². The highest BCUT2D eigenvalue weighted by molar-refractivity contribution is 7.98. The van der Waals surface area contributed by atoms with Gasteiger partial charge >= 0.3 is 0 Å². The molecule has 4 nitrogen and oxygen atoms in total. The Kier molecular flexibility index (Phi) is 7.19. The highest BCUT2D eigenvalue weighted by Crippen LogP contribution is 2.23. The van der Waals surface area contributed by atoms with Crippen molar-refractivity contribution in [2.75, 3.05) is 31.6 Å². The largest absolute Gasteiger partial charge is 0.370 e. The van der Waals surface area contributed by atoms with E-state index in [1.165, 1.54) is 20.9 Å². The zero-order valence-corrected chi connectivity index (χ0v) is 17.8. The number of hydrogen-bond donors (Lipinski definition) is 2. The predicted octanol–water partition coefficient (Wildman–Crippen LogP) is 3.65. The molecule has 0 spiro atoms. The van der Waals surface area contributed by atoms with Crippen molar-refractivity contribution in [3.63, 3.8) is 0 Å². The Morgan fingerprint density at radius 1 is 0.867 bits per heavy atom. The van der Waals surface area contributed by atoms with Gasteiger partial charge in [0.15, 0.2) is 0 Å². The number of nitrogens with one attached hydrogen (secondary N) is 2. The van der Waals surface area contributed by atoms with Crippen molar-refractivity contribution >= 4 is 23.4 Å². The summed E-state index contributed by atoms with van der Waals surface area (Å²) in [7, 11) is 0. The summed E-state index contributed by atoms with van der Waals surface area (Å²) in [6.07, 6.45) is 0. The first kappa shape index (κ1) is 20.7. The van der Waals surface area contributed by atoms with Gasteiger partial charge in [0.1, 0.15) is 19.6 Å². The Hall–Kier alpha value is -2.60. The number of thioether (sulfide) groups is 1. The van der Waals surface area contributed by atoms with Crippen LogP contribution in [-0.2, 0) is 17.0 Å². The summed E-state index contributed by atoms with van der Waals surface area (Å²) in [6, 6.07) is 26.4. The number of anilines is 1. The molecule has 1 amide bonds. The van der Waals surface area contributed by atoms with E-state index in [9.17, 15) is 4.79 Å². The molecular formula is C25H27N2O2S+. The number of morpholine rings is 1. The predicted molar refractivity (Wildman–Crippen MR) is 122 cm³/mol. The molecule has 0 aliphatic carbocycles. The Bertz CT molecular complexity index is 937. The number of carbonyl (C=O) groups excluding carboxylic acids is 1. The molecule has 1 aliphatic heterocycles. The van der Waals surface area contributed by atoms with Crippen LogP contribution in [0.4, 0.5) is 5.69 Å². The van der Waals surface area contributed by atoms with Crippen LogP contribution in [0.1, 0.15) is 21.5 Å². The van der Waals surface area contributed by atoms with Gasteiger partial charge in [0.2, 0.25) is 0 Å². The highest BCUT2D eigenvalue weighted by Gasteiger charge is 2.14. The van der Waals surface area contributed by atoms with Gasteiger partial charge in [-0.3, -0.25) is 4.79 Å².